The second kappa shape index (κ2) is 5.43. The van der Waals surface area contributed by atoms with E-state index in [1.807, 2.05) is 6.07 Å². The largest absolute Gasteiger partial charge is 0.481 e. The lowest BCUT2D eigenvalue weighted by molar-refractivity contribution is -0.142. The molecule has 1 N–H and O–H groups in total. The van der Waals surface area contributed by atoms with E-state index in [1.54, 1.807) is 26.1 Å². The molecule has 0 aliphatic heterocycles. The SMILES string of the molecule is CC(C(=O)O)C(C)n1nnnc1-c1ncccc1Br. The third kappa shape index (κ3) is 2.62. The zero-order valence-corrected chi connectivity index (χ0v) is 11.9. The van der Waals surface area contributed by atoms with Gasteiger partial charge in [0.2, 0.25) is 5.82 Å². The van der Waals surface area contributed by atoms with E-state index >= 15 is 0 Å². The van der Waals surface area contributed by atoms with Crippen LogP contribution in [0, 0.1) is 5.92 Å². The van der Waals surface area contributed by atoms with Gasteiger partial charge in [-0.15, -0.1) is 5.10 Å². The maximum Gasteiger partial charge on any atom is 0.308 e. The van der Waals surface area contributed by atoms with E-state index in [0.717, 1.165) is 4.47 Å². The van der Waals surface area contributed by atoms with E-state index in [-0.39, 0.29) is 6.04 Å². The molecule has 0 saturated carbocycles. The van der Waals surface area contributed by atoms with Crippen LogP contribution < -0.4 is 0 Å². The van der Waals surface area contributed by atoms with Crippen molar-refractivity contribution in [1.29, 1.82) is 0 Å². The number of hydrogen-bond donors (Lipinski definition) is 1. The molecule has 19 heavy (non-hydrogen) atoms. The summed E-state index contributed by atoms with van der Waals surface area (Å²) in [6, 6.07) is 3.23. The first-order valence-electron chi connectivity index (χ1n) is 5.64. The van der Waals surface area contributed by atoms with Crippen LogP contribution in [-0.4, -0.2) is 36.3 Å². The number of carbonyl (C=O) groups is 1. The number of tetrazole rings is 1. The Balaban J connectivity index is 2.44. The fraction of sp³-hybridized carbons (Fsp3) is 0.364. The normalized spacial score (nSPS) is 14.1. The second-order valence-corrected chi connectivity index (χ2v) is 5.00. The number of carboxylic acid groups (broad SMARTS) is 1. The van der Waals surface area contributed by atoms with Crippen molar-refractivity contribution in [2.75, 3.05) is 0 Å². The lowest BCUT2D eigenvalue weighted by Gasteiger charge is -2.17. The standard InChI is InChI=1S/C11H12BrN5O2/c1-6(11(18)19)7(2)17-10(14-15-16-17)9-8(12)4-3-5-13-9/h3-7H,1-2H3,(H,18,19). The van der Waals surface area contributed by atoms with Crippen LogP contribution in [0.5, 0.6) is 0 Å². The topological polar surface area (TPSA) is 93.8 Å². The predicted octanol–water partition coefficient (Wildman–Crippen LogP) is 1.78. The van der Waals surface area contributed by atoms with Crippen LogP contribution >= 0.6 is 15.9 Å². The third-order valence-corrected chi connectivity index (χ3v) is 3.60. The van der Waals surface area contributed by atoms with Crippen molar-refractivity contribution < 1.29 is 9.90 Å². The highest BCUT2D eigenvalue weighted by atomic mass is 79.9. The molecule has 2 heterocycles. The highest BCUT2D eigenvalue weighted by Crippen LogP contribution is 2.27. The van der Waals surface area contributed by atoms with Gasteiger partial charge in [0.1, 0.15) is 5.69 Å². The summed E-state index contributed by atoms with van der Waals surface area (Å²) in [4.78, 5) is 15.3. The summed E-state index contributed by atoms with van der Waals surface area (Å²) in [5, 5.41) is 20.5. The molecule has 0 radical (unpaired) electrons. The Morgan fingerprint density at radius 2 is 2.21 bits per heavy atom. The molecule has 2 aromatic rings. The molecule has 2 unspecified atom stereocenters. The van der Waals surface area contributed by atoms with Crippen LogP contribution in [0.2, 0.25) is 0 Å². The molecule has 0 aliphatic carbocycles. The van der Waals surface area contributed by atoms with Crippen LogP contribution in [0.25, 0.3) is 11.5 Å². The van der Waals surface area contributed by atoms with E-state index in [1.165, 1.54) is 4.68 Å². The van der Waals surface area contributed by atoms with Crippen molar-refractivity contribution in [3.63, 3.8) is 0 Å². The van der Waals surface area contributed by atoms with Crippen molar-refractivity contribution in [2.45, 2.75) is 19.9 Å². The van der Waals surface area contributed by atoms with E-state index in [0.29, 0.717) is 11.5 Å². The summed E-state index contributed by atoms with van der Waals surface area (Å²) < 4.78 is 2.23. The van der Waals surface area contributed by atoms with Crippen LogP contribution in [0.3, 0.4) is 0 Å². The second-order valence-electron chi connectivity index (χ2n) is 4.15. The Hall–Kier alpha value is -1.83. The van der Waals surface area contributed by atoms with Gasteiger partial charge in [0.05, 0.1) is 12.0 Å². The van der Waals surface area contributed by atoms with E-state index in [9.17, 15) is 4.79 Å². The summed E-state index contributed by atoms with van der Waals surface area (Å²) >= 11 is 3.38. The Labute approximate surface area is 117 Å². The summed E-state index contributed by atoms with van der Waals surface area (Å²) in [6.45, 7) is 3.38. The van der Waals surface area contributed by atoms with E-state index < -0.39 is 11.9 Å². The molecule has 8 heteroatoms. The highest BCUT2D eigenvalue weighted by molar-refractivity contribution is 9.10. The zero-order chi connectivity index (χ0) is 14.0. The minimum absolute atomic E-state index is 0.378. The molecule has 0 bridgehead atoms. The molecule has 0 aliphatic rings. The van der Waals surface area contributed by atoms with Crippen molar-refractivity contribution >= 4 is 21.9 Å². The molecule has 0 amide bonds. The number of pyridine rings is 1. The van der Waals surface area contributed by atoms with Gasteiger partial charge in [0, 0.05) is 10.7 Å². The average molecular weight is 326 g/mol. The number of rotatable bonds is 4. The molecule has 2 rings (SSSR count). The molecule has 100 valence electrons. The number of halogens is 1. The minimum Gasteiger partial charge on any atom is -0.481 e. The molecule has 2 atom stereocenters. The number of aromatic nitrogens is 5. The predicted molar refractivity (Wildman–Crippen MR) is 70.3 cm³/mol. The van der Waals surface area contributed by atoms with Crippen molar-refractivity contribution in [2.24, 2.45) is 5.92 Å². The molecule has 7 nitrogen and oxygen atoms in total. The Morgan fingerprint density at radius 1 is 1.47 bits per heavy atom. The van der Waals surface area contributed by atoms with Crippen molar-refractivity contribution in [1.82, 2.24) is 25.2 Å². The van der Waals surface area contributed by atoms with Gasteiger partial charge in [-0.3, -0.25) is 9.78 Å². The maximum absolute atomic E-state index is 11.0. The Kier molecular flexibility index (Phi) is 3.89. The fourth-order valence-electron chi connectivity index (χ4n) is 1.59. The van der Waals surface area contributed by atoms with Gasteiger partial charge in [-0.2, -0.15) is 0 Å². The number of nitrogens with zero attached hydrogens (tertiary/aromatic N) is 5. The molecular weight excluding hydrogens is 314 g/mol. The van der Waals surface area contributed by atoms with Crippen molar-refractivity contribution in [3.8, 4) is 11.5 Å². The quantitative estimate of drug-likeness (QED) is 0.920. The summed E-state index contributed by atoms with van der Waals surface area (Å²) in [5.41, 5.74) is 0.580. The Bertz CT molecular complexity index is 600. The summed E-state index contributed by atoms with van der Waals surface area (Å²) in [5.74, 6) is -1.06. The Morgan fingerprint density at radius 3 is 2.84 bits per heavy atom. The smallest absolute Gasteiger partial charge is 0.308 e. The van der Waals surface area contributed by atoms with Gasteiger partial charge in [-0.1, -0.05) is 0 Å². The first kappa shape index (κ1) is 13.6. The first-order chi connectivity index (χ1) is 9.02. The molecule has 0 spiro atoms. The van der Waals surface area contributed by atoms with Gasteiger partial charge in [-0.25, -0.2) is 4.68 Å². The minimum atomic E-state index is -0.894. The number of carboxylic acids is 1. The third-order valence-electron chi connectivity index (χ3n) is 2.96. The van der Waals surface area contributed by atoms with E-state index in [2.05, 4.69) is 36.4 Å². The lowest BCUT2D eigenvalue weighted by Crippen LogP contribution is -2.23. The van der Waals surface area contributed by atoms with Gasteiger partial charge >= 0.3 is 5.97 Å². The number of aliphatic carboxylic acids is 1. The fourth-order valence-corrected chi connectivity index (χ4v) is 2.02. The monoisotopic (exact) mass is 325 g/mol. The lowest BCUT2D eigenvalue weighted by atomic mass is 10.0. The average Bonchev–Trinajstić information content (AvgIpc) is 2.86. The molecular formula is C11H12BrN5O2. The molecule has 0 fully saturated rings. The molecule has 0 saturated heterocycles. The van der Waals surface area contributed by atoms with Crippen LogP contribution in [-0.2, 0) is 4.79 Å². The summed E-state index contributed by atoms with van der Waals surface area (Å²) in [6.07, 6.45) is 1.63. The first-order valence-corrected chi connectivity index (χ1v) is 6.43. The van der Waals surface area contributed by atoms with E-state index in [4.69, 9.17) is 5.11 Å². The zero-order valence-electron chi connectivity index (χ0n) is 10.4. The van der Waals surface area contributed by atoms with Gasteiger partial charge < -0.3 is 5.11 Å². The van der Waals surface area contributed by atoms with Crippen LogP contribution in [0.15, 0.2) is 22.8 Å². The molecule has 0 aromatic carbocycles. The van der Waals surface area contributed by atoms with Gasteiger partial charge in [0.25, 0.3) is 0 Å². The van der Waals surface area contributed by atoms with Crippen molar-refractivity contribution in [3.05, 3.63) is 22.8 Å². The van der Waals surface area contributed by atoms with Crippen LogP contribution in [0.4, 0.5) is 0 Å². The van der Waals surface area contributed by atoms with Gasteiger partial charge in [0.15, 0.2) is 0 Å². The van der Waals surface area contributed by atoms with Gasteiger partial charge in [-0.05, 0) is 52.3 Å². The molecule has 2 aromatic heterocycles. The number of hydrogen-bond acceptors (Lipinski definition) is 5. The highest BCUT2D eigenvalue weighted by Gasteiger charge is 2.26. The maximum atomic E-state index is 11.0. The summed E-state index contributed by atoms with van der Waals surface area (Å²) in [7, 11) is 0. The van der Waals surface area contributed by atoms with Crippen LogP contribution in [0.1, 0.15) is 19.9 Å².